The molecule has 1 aromatic rings. The quantitative estimate of drug-likeness (QED) is 0.799. The van der Waals surface area contributed by atoms with Crippen molar-refractivity contribution < 1.29 is 19.1 Å². The van der Waals surface area contributed by atoms with Crippen LogP contribution in [-0.4, -0.2) is 42.1 Å². The minimum atomic E-state index is -0.882. The van der Waals surface area contributed by atoms with Gasteiger partial charge in [0.1, 0.15) is 11.0 Å². The first-order valence-electron chi connectivity index (χ1n) is 8.41. The van der Waals surface area contributed by atoms with Crippen LogP contribution in [0.2, 0.25) is 0 Å². The van der Waals surface area contributed by atoms with Crippen LogP contribution in [-0.2, 0) is 19.1 Å². The molecule has 5 heteroatoms. The van der Waals surface area contributed by atoms with Crippen molar-refractivity contribution in [2.45, 2.75) is 39.3 Å². The van der Waals surface area contributed by atoms with Gasteiger partial charge in [0.15, 0.2) is 0 Å². The van der Waals surface area contributed by atoms with Crippen LogP contribution in [0.3, 0.4) is 0 Å². The van der Waals surface area contributed by atoms with Crippen molar-refractivity contribution in [2.24, 2.45) is 11.3 Å². The fourth-order valence-electron chi connectivity index (χ4n) is 3.55. The summed E-state index contributed by atoms with van der Waals surface area (Å²) in [5, 5.41) is 0. The lowest BCUT2D eigenvalue weighted by atomic mass is 9.80. The summed E-state index contributed by atoms with van der Waals surface area (Å²) in [5.74, 6) is -0.790. The third kappa shape index (κ3) is 2.81. The average Bonchev–Trinajstić information content (AvgIpc) is 3.06. The Labute approximate surface area is 142 Å². The summed E-state index contributed by atoms with van der Waals surface area (Å²) in [6.45, 7) is 8.40. The fourth-order valence-corrected chi connectivity index (χ4v) is 3.55. The van der Waals surface area contributed by atoms with E-state index in [-0.39, 0.29) is 31.1 Å². The summed E-state index contributed by atoms with van der Waals surface area (Å²) in [7, 11) is 0. The molecular weight excluding hydrogens is 306 g/mol. The number of benzene rings is 1. The number of ether oxygens (including phenoxy) is 2. The average molecular weight is 331 g/mol. The molecule has 0 saturated carbocycles. The lowest BCUT2D eigenvalue weighted by Gasteiger charge is -2.30. The van der Waals surface area contributed by atoms with E-state index in [0.29, 0.717) is 6.54 Å². The molecule has 2 aliphatic heterocycles. The lowest BCUT2D eigenvalue weighted by Crippen LogP contribution is -2.43. The standard InChI is InChI=1S/C19H25NO4/c1-13(14-8-6-5-7-9-14)20-11-19(17(22)24-18(2,3)4)12-23-10-15(19)16(20)21/h5-9,13,15H,10-12H2,1-4H3/t13-,15?,19+/m1/s1. The van der Waals surface area contributed by atoms with Crippen LogP contribution in [0.1, 0.15) is 39.3 Å². The van der Waals surface area contributed by atoms with Gasteiger partial charge in [0.25, 0.3) is 0 Å². The number of esters is 1. The summed E-state index contributed by atoms with van der Waals surface area (Å²) < 4.78 is 11.1. The van der Waals surface area contributed by atoms with Crippen molar-refractivity contribution in [2.75, 3.05) is 19.8 Å². The molecule has 3 rings (SSSR count). The van der Waals surface area contributed by atoms with Gasteiger partial charge >= 0.3 is 5.97 Å². The highest BCUT2D eigenvalue weighted by atomic mass is 16.6. The number of carbonyl (C=O) groups excluding carboxylic acids is 2. The van der Waals surface area contributed by atoms with Gasteiger partial charge in [0.2, 0.25) is 5.91 Å². The molecule has 2 saturated heterocycles. The lowest BCUT2D eigenvalue weighted by molar-refractivity contribution is -0.168. The summed E-state index contributed by atoms with van der Waals surface area (Å²) in [5.41, 5.74) is -0.403. The summed E-state index contributed by atoms with van der Waals surface area (Å²) in [6, 6.07) is 9.79. The Hall–Kier alpha value is -1.88. The Morgan fingerprint density at radius 2 is 2.00 bits per heavy atom. The number of carbonyl (C=O) groups is 2. The zero-order valence-electron chi connectivity index (χ0n) is 14.7. The molecule has 2 fully saturated rings. The zero-order chi connectivity index (χ0) is 17.5. The Morgan fingerprint density at radius 1 is 1.33 bits per heavy atom. The van der Waals surface area contributed by atoms with Gasteiger partial charge in [-0.1, -0.05) is 30.3 Å². The molecule has 24 heavy (non-hydrogen) atoms. The maximum atomic E-state index is 12.9. The maximum absolute atomic E-state index is 12.9. The van der Waals surface area contributed by atoms with Gasteiger partial charge in [0, 0.05) is 6.54 Å². The number of amides is 1. The first kappa shape index (κ1) is 17.0. The molecule has 0 bridgehead atoms. The van der Waals surface area contributed by atoms with Gasteiger partial charge in [-0.15, -0.1) is 0 Å². The van der Waals surface area contributed by atoms with Gasteiger partial charge in [-0.2, -0.15) is 0 Å². The summed E-state index contributed by atoms with van der Waals surface area (Å²) in [4.78, 5) is 27.5. The third-order valence-electron chi connectivity index (χ3n) is 4.90. The van der Waals surface area contributed by atoms with Crippen molar-refractivity contribution in [3.05, 3.63) is 35.9 Å². The molecule has 3 atom stereocenters. The van der Waals surface area contributed by atoms with Crippen LogP contribution in [0.5, 0.6) is 0 Å². The molecular formula is C19H25NO4. The van der Waals surface area contributed by atoms with Crippen LogP contribution < -0.4 is 0 Å². The highest BCUT2D eigenvalue weighted by molar-refractivity contribution is 5.93. The van der Waals surface area contributed by atoms with E-state index >= 15 is 0 Å². The highest BCUT2D eigenvalue weighted by Gasteiger charge is 2.62. The second-order valence-corrected chi connectivity index (χ2v) is 7.78. The van der Waals surface area contributed by atoms with Gasteiger partial charge in [0.05, 0.1) is 25.2 Å². The summed E-state index contributed by atoms with van der Waals surface area (Å²) >= 11 is 0. The Bertz CT molecular complexity index is 637. The van der Waals surface area contributed by atoms with E-state index in [4.69, 9.17) is 9.47 Å². The molecule has 0 aromatic heterocycles. The van der Waals surface area contributed by atoms with E-state index in [9.17, 15) is 9.59 Å². The highest BCUT2D eigenvalue weighted by Crippen LogP contribution is 2.46. The predicted molar refractivity (Wildman–Crippen MR) is 89.2 cm³/mol. The van der Waals surface area contributed by atoms with Crippen molar-refractivity contribution in [1.29, 1.82) is 0 Å². The van der Waals surface area contributed by atoms with Crippen LogP contribution in [0.4, 0.5) is 0 Å². The molecule has 0 aliphatic carbocycles. The van der Waals surface area contributed by atoms with Crippen molar-refractivity contribution >= 4 is 11.9 Å². The second-order valence-electron chi connectivity index (χ2n) is 7.78. The van der Waals surface area contributed by atoms with E-state index in [1.807, 2.05) is 58.0 Å². The van der Waals surface area contributed by atoms with Crippen LogP contribution in [0.15, 0.2) is 30.3 Å². The first-order chi connectivity index (χ1) is 11.2. The Morgan fingerprint density at radius 3 is 2.62 bits per heavy atom. The molecule has 2 heterocycles. The zero-order valence-corrected chi connectivity index (χ0v) is 14.7. The van der Waals surface area contributed by atoms with Gasteiger partial charge in [-0.3, -0.25) is 9.59 Å². The molecule has 0 N–H and O–H groups in total. The number of nitrogens with zero attached hydrogens (tertiary/aromatic N) is 1. The van der Waals surface area contributed by atoms with E-state index in [0.717, 1.165) is 5.56 Å². The molecule has 2 aliphatic rings. The van der Waals surface area contributed by atoms with Crippen LogP contribution in [0.25, 0.3) is 0 Å². The largest absolute Gasteiger partial charge is 0.459 e. The van der Waals surface area contributed by atoms with Crippen molar-refractivity contribution in [3.8, 4) is 0 Å². The minimum absolute atomic E-state index is 0.0188. The molecule has 1 unspecified atom stereocenters. The number of hydrogen-bond acceptors (Lipinski definition) is 4. The normalized spacial score (nSPS) is 27.9. The van der Waals surface area contributed by atoms with Crippen molar-refractivity contribution in [1.82, 2.24) is 4.90 Å². The van der Waals surface area contributed by atoms with Crippen molar-refractivity contribution in [3.63, 3.8) is 0 Å². The number of hydrogen-bond donors (Lipinski definition) is 0. The molecule has 0 spiro atoms. The fraction of sp³-hybridized carbons (Fsp3) is 0.579. The smallest absolute Gasteiger partial charge is 0.317 e. The molecule has 0 radical (unpaired) electrons. The topological polar surface area (TPSA) is 55.8 Å². The van der Waals surface area contributed by atoms with E-state index in [1.54, 1.807) is 4.90 Å². The van der Waals surface area contributed by atoms with Gasteiger partial charge < -0.3 is 14.4 Å². The number of rotatable bonds is 3. The number of fused-ring (bicyclic) bond motifs is 1. The molecule has 1 aromatic carbocycles. The van der Waals surface area contributed by atoms with Crippen LogP contribution in [0, 0.1) is 11.3 Å². The van der Waals surface area contributed by atoms with Gasteiger partial charge in [-0.25, -0.2) is 0 Å². The van der Waals surface area contributed by atoms with E-state index < -0.39 is 16.9 Å². The van der Waals surface area contributed by atoms with Crippen LogP contribution >= 0.6 is 0 Å². The number of likely N-dealkylation sites (tertiary alicyclic amines) is 1. The Kier molecular flexibility index (Phi) is 4.16. The first-order valence-corrected chi connectivity index (χ1v) is 8.41. The molecule has 130 valence electrons. The monoisotopic (exact) mass is 331 g/mol. The van der Waals surface area contributed by atoms with E-state index in [1.165, 1.54) is 0 Å². The predicted octanol–water partition coefficient (Wildman–Crippen LogP) is 2.56. The minimum Gasteiger partial charge on any atom is -0.459 e. The Balaban J connectivity index is 1.87. The molecule has 5 nitrogen and oxygen atoms in total. The summed E-state index contributed by atoms with van der Waals surface area (Å²) in [6.07, 6.45) is 0. The van der Waals surface area contributed by atoms with E-state index in [2.05, 4.69) is 0 Å². The maximum Gasteiger partial charge on any atom is 0.317 e. The van der Waals surface area contributed by atoms with Gasteiger partial charge in [-0.05, 0) is 33.3 Å². The second kappa shape index (κ2) is 5.88. The molecule has 1 amide bonds. The third-order valence-corrected chi connectivity index (χ3v) is 4.90. The SMILES string of the molecule is C[C@H](c1ccccc1)N1C[C@]2(C(=O)OC(C)(C)C)COCC2C1=O.